The van der Waals surface area contributed by atoms with Crippen molar-refractivity contribution in [2.45, 2.75) is 0 Å². The van der Waals surface area contributed by atoms with Gasteiger partial charge in [0.15, 0.2) is 5.82 Å². The molecule has 2 aromatic rings. The van der Waals surface area contributed by atoms with Crippen LogP contribution in [0.1, 0.15) is 0 Å². The van der Waals surface area contributed by atoms with Gasteiger partial charge in [0.1, 0.15) is 11.3 Å². The zero-order valence-corrected chi connectivity index (χ0v) is 7.81. The number of hydrogen-bond donors (Lipinski definition) is 1. The Bertz CT molecular complexity index is 526. The molecule has 15 heavy (non-hydrogen) atoms. The number of nitrogens with zero attached hydrogens (tertiary/aromatic N) is 1. The normalized spacial score (nSPS) is 10.7. The number of fused-ring (bicyclic) bond motifs is 1. The highest BCUT2D eigenvalue weighted by Gasteiger charge is 2.12. The summed E-state index contributed by atoms with van der Waals surface area (Å²) in [7, 11) is 1.46. The Morgan fingerprint density at radius 2 is 1.87 bits per heavy atom. The Morgan fingerprint density at radius 3 is 2.53 bits per heavy atom. The summed E-state index contributed by atoms with van der Waals surface area (Å²) in [6, 6.07) is 3.00. The van der Waals surface area contributed by atoms with E-state index in [0.717, 1.165) is 12.1 Å². The van der Waals surface area contributed by atoms with E-state index in [1.807, 2.05) is 0 Å². The van der Waals surface area contributed by atoms with E-state index in [-0.39, 0.29) is 16.6 Å². The second-order valence-electron chi connectivity index (χ2n) is 3.00. The summed E-state index contributed by atoms with van der Waals surface area (Å²) >= 11 is 0. The standard InChI is InChI=1S/C10H7F3N2/c1-14-10-7(12)4-6(11)5-2-3-8(13)15-9(5)10/h2-4,14H,1H3. The van der Waals surface area contributed by atoms with Crippen LogP contribution in [0.15, 0.2) is 18.2 Å². The molecule has 0 aliphatic carbocycles. The molecule has 5 heteroatoms. The lowest BCUT2D eigenvalue weighted by molar-refractivity contribution is 0.581. The van der Waals surface area contributed by atoms with E-state index in [4.69, 9.17) is 0 Å². The maximum atomic E-state index is 13.3. The number of pyridine rings is 1. The van der Waals surface area contributed by atoms with Gasteiger partial charge in [-0.1, -0.05) is 0 Å². The summed E-state index contributed by atoms with van der Waals surface area (Å²) in [6.45, 7) is 0. The smallest absolute Gasteiger partial charge is 0.213 e. The number of benzene rings is 1. The van der Waals surface area contributed by atoms with Crippen LogP contribution in [-0.4, -0.2) is 12.0 Å². The minimum atomic E-state index is -0.791. The molecule has 0 saturated carbocycles. The molecule has 0 saturated heterocycles. The third kappa shape index (κ3) is 1.49. The number of anilines is 1. The van der Waals surface area contributed by atoms with Crippen molar-refractivity contribution in [3.63, 3.8) is 0 Å². The van der Waals surface area contributed by atoms with Crippen LogP contribution < -0.4 is 5.32 Å². The van der Waals surface area contributed by atoms with E-state index in [1.54, 1.807) is 0 Å². The van der Waals surface area contributed by atoms with Gasteiger partial charge in [0.2, 0.25) is 5.95 Å². The largest absolute Gasteiger partial charge is 0.384 e. The van der Waals surface area contributed by atoms with E-state index >= 15 is 0 Å². The minimum absolute atomic E-state index is 0.00843. The molecule has 0 aliphatic rings. The zero-order chi connectivity index (χ0) is 11.0. The van der Waals surface area contributed by atoms with Gasteiger partial charge in [-0.05, 0) is 12.1 Å². The molecule has 0 fully saturated rings. The van der Waals surface area contributed by atoms with Gasteiger partial charge in [-0.15, -0.1) is 0 Å². The van der Waals surface area contributed by atoms with Crippen LogP contribution in [0.2, 0.25) is 0 Å². The molecule has 2 rings (SSSR count). The van der Waals surface area contributed by atoms with Gasteiger partial charge in [-0.3, -0.25) is 0 Å². The van der Waals surface area contributed by atoms with Crippen molar-refractivity contribution in [3.8, 4) is 0 Å². The Balaban J connectivity index is 2.91. The van der Waals surface area contributed by atoms with Crippen LogP contribution in [0, 0.1) is 17.6 Å². The second kappa shape index (κ2) is 3.42. The predicted octanol–water partition coefficient (Wildman–Crippen LogP) is 2.69. The van der Waals surface area contributed by atoms with E-state index in [0.29, 0.717) is 0 Å². The van der Waals surface area contributed by atoms with Crippen molar-refractivity contribution < 1.29 is 13.2 Å². The summed E-state index contributed by atoms with van der Waals surface area (Å²) in [5.74, 6) is -2.32. The average molecular weight is 212 g/mol. The first-order chi connectivity index (χ1) is 7.13. The molecule has 78 valence electrons. The second-order valence-corrected chi connectivity index (χ2v) is 3.00. The predicted molar refractivity (Wildman–Crippen MR) is 51.2 cm³/mol. The summed E-state index contributed by atoms with van der Waals surface area (Å²) in [6.07, 6.45) is 0. The molecular formula is C10H7F3N2. The van der Waals surface area contributed by atoms with Crippen molar-refractivity contribution in [2.24, 2.45) is 0 Å². The fourth-order valence-corrected chi connectivity index (χ4v) is 1.43. The molecule has 1 aromatic carbocycles. The minimum Gasteiger partial charge on any atom is -0.384 e. The summed E-state index contributed by atoms with van der Waals surface area (Å²) in [4.78, 5) is 3.46. The number of hydrogen-bond acceptors (Lipinski definition) is 2. The van der Waals surface area contributed by atoms with Gasteiger partial charge in [0, 0.05) is 18.5 Å². The highest BCUT2D eigenvalue weighted by atomic mass is 19.1. The highest BCUT2D eigenvalue weighted by Crippen LogP contribution is 2.27. The Morgan fingerprint density at radius 1 is 1.13 bits per heavy atom. The van der Waals surface area contributed by atoms with E-state index in [2.05, 4.69) is 10.3 Å². The molecule has 0 bridgehead atoms. The first kappa shape index (κ1) is 9.76. The molecule has 0 atom stereocenters. The molecule has 1 aromatic heterocycles. The topological polar surface area (TPSA) is 24.9 Å². The molecule has 1 heterocycles. The molecular weight excluding hydrogens is 205 g/mol. The van der Waals surface area contributed by atoms with Crippen molar-refractivity contribution in [2.75, 3.05) is 12.4 Å². The molecule has 1 N–H and O–H groups in total. The van der Waals surface area contributed by atoms with Crippen molar-refractivity contribution in [3.05, 3.63) is 35.8 Å². The average Bonchev–Trinajstić information content (AvgIpc) is 2.17. The lowest BCUT2D eigenvalue weighted by Crippen LogP contribution is -1.98. The summed E-state index contributed by atoms with van der Waals surface area (Å²) in [5.41, 5.74) is -0.0547. The van der Waals surface area contributed by atoms with Crippen LogP contribution in [-0.2, 0) is 0 Å². The number of aromatic nitrogens is 1. The van der Waals surface area contributed by atoms with E-state index in [1.165, 1.54) is 13.1 Å². The zero-order valence-electron chi connectivity index (χ0n) is 7.81. The van der Waals surface area contributed by atoms with Crippen LogP contribution in [0.25, 0.3) is 10.9 Å². The first-order valence-electron chi connectivity index (χ1n) is 4.25. The van der Waals surface area contributed by atoms with Gasteiger partial charge in [0.25, 0.3) is 0 Å². The van der Waals surface area contributed by atoms with Crippen LogP contribution in [0.5, 0.6) is 0 Å². The Kier molecular flexibility index (Phi) is 2.22. The van der Waals surface area contributed by atoms with E-state index in [9.17, 15) is 13.2 Å². The van der Waals surface area contributed by atoms with Crippen molar-refractivity contribution in [1.29, 1.82) is 0 Å². The quantitative estimate of drug-likeness (QED) is 0.735. The Labute approximate surface area is 83.7 Å². The highest BCUT2D eigenvalue weighted by molar-refractivity contribution is 5.90. The first-order valence-corrected chi connectivity index (χ1v) is 4.25. The fraction of sp³-hybridized carbons (Fsp3) is 0.100. The third-order valence-corrected chi connectivity index (χ3v) is 2.10. The van der Waals surface area contributed by atoms with Gasteiger partial charge in [-0.25, -0.2) is 13.8 Å². The van der Waals surface area contributed by atoms with E-state index < -0.39 is 17.6 Å². The molecule has 0 unspecified atom stereocenters. The summed E-state index contributed by atoms with van der Waals surface area (Å²) < 4.78 is 39.3. The molecule has 0 aliphatic heterocycles. The van der Waals surface area contributed by atoms with Crippen LogP contribution in [0.4, 0.5) is 18.9 Å². The maximum absolute atomic E-state index is 13.3. The number of halogens is 3. The number of rotatable bonds is 1. The number of nitrogens with one attached hydrogen (secondary N) is 1. The molecule has 0 radical (unpaired) electrons. The van der Waals surface area contributed by atoms with Crippen molar-refractivity contribution >= 4 is 16.6 Å². The van der Waals surface area contributed by atoms with Crippen LogP contribution >= 0.6 is 0 Å². The maximum Gasteiger partial charge on any atom is 0.213 e. The monoisotopic (exact) mass is 212 g/mol. The van der Waals surface area contributed by atoms with Gasteiger partial charge in [-0.2, -0.15) is 4.39 Å². The molecule has 0 spiro atoms. The lowest BCUT2D eigenvalue weighted by Gasteiger charge is -2.07. The molecule has 2 nitrogen and oxygen atoms in total. The van der Waals surface area contributed by atoms with Gasteiger partial charge in [0.05, 0.1) is 5.69 Å². The molecule has 0 amide bonds. The third-order valence-electron chi connectivity index (χ3n) is 2.10. The lowest BCUT2D eigenvalue weighted by atomic mass is 10.1. The fourth-order valence-electron chi connectivity index (χ4n) is 1.43. The SMILES string of the molecule is CNc1c(F)cc(F)c2ccc(F)nc12. The van der Waals surface area contributed by atoms with Gasteiger partial charge >= 0.3 is 0 Å². The van der Waals surface area contributed by atoms with Crippen molar-refractivity contribution in [1.82, 2.24) is 4.98 Å². The van der Waals surface area contributed by atoms with Gasteiger partial charge < -0.3 is 5.32 Å². The van der Waals surface area contributed by atoms with Crippen LogP contribution in [0.3, 0.4) is 0 Å². The summed E-state index contributed by atoms with van der Waals surface area (Å²) in [5, 5.41) is 2.61. The Hall–Kier alpha value is -1.78.